The van der Waals surface area contributed by atoms with Crippen molar-refractivity contribution in [1.82, 2.24) is 10.3 Å². The highest BCUT2D eigenvalue weighted by atomic mass is 16.5. The van der Waals surface area contributed by atoms with Crippen molar-refractivity contribution in [2.75, 3.05) is 45.3 Å². The van der Waals surface area contributed by atoms with E-state index in [4.69, 9.17) is 14.2 Å². The normalized spacial score (nSPS) is 13.5. The molecule has 0 aliphatic carbocycles. The molecule has 32 heavy (non-hydrogen) atoms. The van der Waals surface area contributed by atoms with Gasteiger partial charge in [0.1, 0.15) is 11.5 Å². The molecule has 10 nitrogen and oxygen atoms in total. The maximum Gasteiger partial charge on any atom is 0.329 e. The Balaban J connectivity index is 1.52. The summed E-state index contributed by atoms with van der Waals surface area (Å²) in [5, 5.41) is 6.27. The maximum atomic E-state index is 12.3. The van der Waals surface area contributed by atoms with Crippen LogP contribution in [-0.4, -0.2) is 68.9 Å². The molecule has 0 radical (unpaired) electrons. The quantitative estimate of drug-likeness (QED) is 0.377. The van der Waals surface area contributed by atoms with Gasteiger partial charge in [-0.25, -0.2) is 5.43 Å². The molecular weight excluding hydrogens is 416 g/mol. The number of hydrogen-bond acceptors (Lipinski definition) is 7. The molecule has 2 N–H and O–H groups in total. The van der Waals surface area contributed by atoms with Crippen LogP contribution in [0.4, 0.5) is 5.69 Å². The average Bonchev–Trinajstić information content (AvgIpc) is 2.83. The number of benzene rings is 2. The van der Waals surface area contributed by atoms with Crippen LogP contribution in [0.2, 0.25) is 0 Å². The number of amides is 3. The zero-order chi connectivity index (χ0) is 22.8. The van der Waals surface area contributed by atoms with E-state index in [0.29, 0.717) is 49.1 Å². The van der Waals surface area contributed by atoms with Crippen LogP contribution in [-0.2, 0) is 19.1 Å². The molecule has 1 heterocycles. The monoisotopic (exact) mass is 440 g/mol. The Morgan fingerprint density at radius 1 is 1.09 bits per heavy atom. The molecule has 1 aliphatic rings. The van der Waals surface area contributed by atoms with Crippen LogP contribution in [0.5, 0.6) is 11.5 Å². The van der Waals surface area contributed by atoms with Gasteiger partial charge in [0.05, 0.1) is 26.5 Å². The van der Waals surface area contributed by atoms with Gasteiger partial charge in [0, 0.05) is 30.4 Å². The highest BCUT2D eigenvalue weighted by Crippen LogP contribution is 2.17. The van der Waals surface area contributed by atoms with Gasteiger partial charge in [-0.15, -0.1) is 0 Å². The van der Waals surface area contributed by atoms with Crippen LogP contribution in [0.15, 0.2) is 53.6 Å². The Morgan fingerprint density at radius 3 is 2.66 bits per heavy atom. The number of carbonyl (C=O) groups is 3. The topological polar surface area (TPSA) is 119 Å². The first-order chi connectivity index (χ1) is 15.6. The van der Waals surface area contributed by atoms with Gasteiger partial charge < -0.3 is 24.4 Å². The molecule has 3 rings (SSSR count). The Labute approximate surface area is 185 Å². The summed E-state index contributed by atoms with van der Waals surface area (Å²) < 4.78 is 15.9. The molecule has 2 aromatic carbocycles. The van der Waals surface area contributed by atoms with Crippen molar-refractivity contribution in [3.8, 4) is 11.5 Å². The van der Waals surface area contributed by atoms with Crippen LogP contribution in [0.1, 0.15) is 5.56 Å². The second kappa shape index (κ2) is 11.5. The first kappa shape index (κ1) is 22.8. The second-order valence-corrected chi connectivity index (χ2v) is 6.70. The summed E-state index contributed by atoms with van der Waals surface area (Å²) in [6.07, 6.45) is 1.34. The van der Waals surface area contributed by atoms with Gasteiger partial charge in [-0.3, -0.25) is 14.4 Å². The van der Waals surface area contributed by atoms with E-state index in [0.717, 1.165) is 0 Å². The summed E-state index contributed by atoms with van der Waals surface area (Å²) >= 11 is 0. The SMILES string of the molecule is COc1cccc(NC(=O)C(=O)N/N=C\c2ccccc2OCC(=O)N2CCOCC2)c1. The fraction of sp³-hybridized carbons (Fsp3) is 0.273. The van der Waals surface area contributed by atoms with Gasteiger partial charge in [0.15, 0.2) is 6.61 Å². The summed E-state index contributed by atoms with van der Waals surface area (Å²) in [5.74, 6) is -0.985. The molecule has 0 unspecified atom stereocenters. The molecule has 0 atom stereocenters. The number of nitrogens with one attached hydrogen (secondary N) is 2. The van der Waals surface area contributed by atoms with Gasteiger partial charge in [0.2, 0.25) is 0 Å². The van der Waals surface area contributed by atoms with E-state index < -0.39 is 11.8 Å². The number of carbonyl (C=O) groups excluding carboxylic acids is 3. The molecule has 0 spiro atoms. The number of rotatable bonds is 7. The van der Waals surface area contributed by atoms with E-state index in [1.165, 1.54) is 13.3 Å². The molecule has 1 saturated heterocycles. The number of para-hydroxylation sites is 1. The molecule has 1 aliphatic heterocycles. The van der Waals surface area contributed by atoms with E-state index in [1.807, 2.05) is 0 Å². The summed E-state index contributed by atoms with van der Waals surface area (Å²) in [5.41, 5.74) is 3.12. The third kappa shape index (κ3) is 6.54. The molecule has 0 aromatic heterocycles. The second-order valence-electron chi connectivity index (χ2n) is 6.70. The maximum absolute atomic E-state index is 12.3. The fourth-order valence-electron chi connectivity index (χ4n) is 2.86. The Morgan fingerprint density at radius 2 is 1.88 bits per heavy atom. The van der Waals surface area contributed by atoms with Crippen LogP contribution in [0.3, 0.4) is 0 Å². The smallest absolute Gasteiger partial charge is 0.329 e. The average molecular weight is 440 g/mol. The lowest BCUT2D eigenvalue weighted by Gasteiger charge is -2.26. The number of morpholine rings is 1. The first-order valence-electron chi connectivity index (χ1n) is 9.92. The van der Waals surface area contributed by atoms with E-state index in [2.05, 4.69) is 15.8 Å². The fourth-order valence-corrected chi connectivity index (χ4v) is 2.86. The Kier molecular flexibility index (Phi) is 8.15. The Hall–Kier alpha value is -3.92. The third-order valence-corrected chi connectivity index (χ3v) is 4.54. The lowest BCUT2D eigenvalue weighted by molar-refractivity contribution is -0.137. The summed E-state index contributed by atoms with van der Waals surface area (Å²) in [6.45, 7) is 1.98. The van der Waals surface area contributed by atoms with Gasteiger partial charge in [-0.2, -0.15) is 5.10 Å². The molecular formula is C22H24N4O6. The van der Waals surface area contributed by atoms with Crippen molar-refractivity contribution < 1.29 is 28.6 Å². The van der Waals surface area contributed by atoms with E-state index >= 15 is 0 Å². The van der Waals surface area contributed by atoms with Crippen molar-refractivity contribution in [2.45, 2.75) is 0 Å². The van der Waals surface area contributed by atoms with E-state index in [1.54, 1.807) is 53.4 Å². The minimum atomic E-state index is -0.940. The predicted molar refractivity (Wildman–Crippen MR) is 117 cm³/mol. The number of ether oxygens (including phenoxy) is 3. The lowest BCUT2D eigenvalue weighted by Crippen LogP contribution is -2.43. The predicted octanol–water partition coefficient (Wildman–Crippen LogP) is 1.02. The largest absolute Gasteiger partial charge is 0.497 e. The standard InChI is InChI=1S/C22H24N4O6/c1-30-18-7-4-6-17(13-18)24-21(28)22(29)25-23-14-16-5-2-3-8-19(16)32-15-20(27)26-9-11-31-12-10-26/h2-8,13-14H,9-12,15H2,1H3,(H,24,28)(H,25,29)/b23-14-. The third-order valence-electron chi connectivity index (χ3n) is 4.54. The van der Waals surface area contributed by atoms with E-state index in [-0.39, 0.29) is 12.5 Å². The number of nitrogens with zero attached hydrogens (tertiary/aromatic N) is 2. The van der Waals surface area contributed by atoms with Crippen molar-refractivity contribution in [2.24, 2.45) is 5.10 Å². The van der Waals surface area contributed by atoms with Crippen molar-refractivity contribution in [3.05, 3.63) is 54.1 Å². The lowest BCUT2D eigenvalue weighted by atomic mass is 10.2. The zero-order valence-corrected chi connectivity index (χ0v) is 17.6. The van der Waals surface area contributed by atoms with Gasteiger partial charge in [-0.05, 0) is 24.3 Å². The number of anilines is 1. The summed E-state index contributed by atoms with van der Waals surface area (Å²) in [4.78, 5) is 38.0. The van der Waals surface area contributed by atoms with Crippen molar-refractivity contribution in [1.29, 1.82) is 0 Å². The minimum Gasteiger partial charge on any atom is -0.497 e. The highest BCUT2D eigenvalue weighted by molar-refractivity contribution is 6.39. The van der Waals surface area contributed by atoms with Crippen molar-refractivity contribution in [3.63, 3.8) is 0 Å². The van der Waals surface area contributed by atoms with Crippen LogP contribution >= 0.6 is 0 Å². The molecule has 2 aromatic rings. The minimum absolute atomic E-state index is 0.125. The van der Waals surface area contributed by atoms with Gasteiger partial charge in [-0.1, -0.05) is 18.2 Å². The Bertz CT molecular complexity index is 988. The van der Waals surface area contributed by atoms with Gasteiger partial charge in [0.25, 0.3) is 5.91 Å². The molecule has 168 valence electrons. The van der Waals surface area contributed by atoms with Gasteiger partial charge >= 0.3 is 11.8 Å². The number of hydrazone groups is 1. The highest BCUT2D eigenvalue weighted by Gasteiger charge is 2.17. The molecule has 0 bridgehead atoms. The molecule has 10 heteroatoms. The summed E-state index contributed by atoms with van der Waals surface area (Å²) in [7, 11) is 1.50. The molecule has 1 fully saturated rings. The zero-order valence-electron chi connectivity index (χ0n) is 17.6. The van der Waals surface area contributed by atoms with Crippen LogP contribution < -0.4 is 20.2 Å². The number of hydrogen-bond donors (Lipinski definition) is 2. The molecule has 0 saturated carbocycles. The number of methoxy groups -OCH3 is 1. The van der Waals surface area contributed by atoms with Crippen LogP contribution in [0, 0.1) is 0 Å². The van der Waals surface area contributed by atoms with E-state index in [9.17, 15) is 14.4 Å². The first-order valence-corrected chi connectivity index (χ1v) is 9.92. The van der Waals surface area contributed by atoms with Crippen LogP contribution in [0.25, 0.3) is 0 Å². The molecule has 3 amide bonds. The summed E-state index contributed by atoms with van der Waals surface area (Å²) in [6, 6.07) is 13.5. The van der Waals surface area contributed by atoms with Crippen molar-refractivity contribution >= 4 is 29.6 Å².